The Morgan fingerprint density at radius 3 is 2.35 bits per heavy atom. The Kier molecular flexibility index (Phi) is 6.42. The zero-order valence-electron chi connectivity index (χ0n) is 11.5. The number of ether oxygens (including phenoxy) is 2. The molecule has 0 saturated carbocycles. The van der Waals surface area contributed by atoms with Gasteiger partial charge < -0.3 is 9.47 Å². The second kappa shape index (κ2) is 7.82. The van der Waals surface area contributed by atoms with Crippen LogP contribution in [0.5, 0.6) is 0 Å². The van der Waals surface area contributed by atoms with Gasteiger partial charge >= 0.3 is 5.97 Å². The Morgan fingerprint density at radius 2 is 1.90 bits per heavy atom. The molecule has 0 N–H and O–H groups in total. The van der Waals surface area contributed by atoms with E-state index in [9.17, 15) is 9.59 Å². The van der Waals surface area contributed by atoms with E-state index in [1.807, 2.05) is 0 Å². The summed E-state index contributed by atoms with van der Waals surface area (Å²) in [6.07, 6.45) is -1.43. The van der Waals surface area contributed by atoms with Gasteiger partial charge in [-0.15, -0.1) is 6.58 Å². The van der Waals surface area contributed by atoms with E-state index >= 15 is 0 Å². The molecule has 5 heteroatoms. The molecule has 0 aliphatic heterocycles. The van der Waals surface area contributed by atoms with Crippen LogP contribution in [0.1, 0.15) is 23.7 Å². The molecule has 0 aromatic heterocycles. The molecule has 0 unspecified atom stereocenters. The fraction of sp³-hybridized carbons (Fsp3) is 0.333. The highest BCUT2D eigenvalue weighted by Crippen LogP contribution is 2.17. The van der Waals surface area contributed by atoms with Crippen molar-refractivity contribution in [2.24, 2.45) is 0 Å². The summed E-state index contributed by atoms with van der Waals surface area (Å²) in [5.74, 6) is -0.617. The highest BCUT2D eigenvalue weighted by molar-refractivity contribution is 6.64. The Hall–Kier alpha value is -1.65. The first kappa shape index (κ1) is 16.4. The number of halogens is 1. The quantitative estimate of drug-likeness (QED) is 0.441. The van der Waals surface area contributed by atoms with Crippen LogP contribution in [0.2, 0.25) is 0 Å². The van der Waals surface area contributed by atoms with E-state index in [2.05, 4.69) is 6.58 Å². The fourth-order valence-electron chi connectivity index (χ4n) is 1.68. The van der Waals surface area contributed by atoms with Crippen molar-refractivity contribution in [2.45, 2.75) is 25.6 Å². The molecule has 0 aliphatic rings. The van der Waals surface area contributed by atoms with E-state index in [1.54, 1.807) is 37.3 Å². The van der Waals surface area contributed by atoms with E-state index < -0.39 is 23.4 Å². The van der Waals surface area contributed by atoms with Gasteiger partial charge in [0.1, 0.15) is 6.10 Å². The van der Waals surface area contributed by atoms with E-state index in [0.29, 0.717) is 12.0 Å². The Labute approximate surface area is 123 Å². The van der Waals surface area contributed by atoms with E-state index in [-0.39, 0.29) is 0 Å². The number of methoxy groups -OCH3 is 1. The number of esters is 1. The molecule has 2 atom stereocenters. The summed E-state index contributed by atoms with van der Waals surface area (Å²) in [5.41, 5.74) is 1.15. The van der Waals surface area contributed by atoms with Gasteiger partial charge in [0.2, 0.25) is 6.10 Å². The van der Waals surface area contributed by atoms with Crippen LogP contribution >= 0.6 is 11.6 Å². The van der Waals surface area contributed by atoms with Gasteiger partial charge in [-0.2, -0.15) is 0 Å². The van der Waals surface area contributed by atoms with Gasteiger partial charge in [0.05, 0.1) is 5.56 Å². The maximum atomic E-state index is 12.0. The largest absolute Gasteiger partial charge is 0.447 e. The van der Waals surface area contributed by atoms with Gasteiger partial charge in [-0.1, -0.05) is 23.8 Å². The lowest BCUT2D eigenvalue weighted by molar-refractivity contribution is -0.127. The molecule has 20 heavy (non-hydrogen) atoms. The topological polar surface area (TPSA) is 52.6 Å². The zero-order valence-corrected chi connectivity index (χ0v) is 12.2. The van der Waals surface area contributed by atoms with Crippen molar-refractivity contribution in [1.29, 1.82) is 0 Å². The summed E-state index contributed by atoms with van der Waals surface area (Å²) in [4.78, 5) is 23.4. The highest BCUT2D eigenvalue weighted by Gasteiger charge is 2.31. The maximum Gasteiger partial charge on any atom is 0.338 e. The standard InChI is InChI=1S/C15H17ClO4/c1-10(2)9-12(19-3)13(14(16)17)20-15(18)11-7-5-4-6-8-11/h4-8,12-13H,1,9H2,2-3H3/t12-,13-/m0/s1. The van der Waals surface area contributed by atoms with Crippen molar-refractivity contribution < 1.29 is 19.1 Å². The zero-order chi connectivity index (χ0) is 15.1. The van der Waals surface area contributed by atoms with Crippen molar-refractivity contribution >= 4 is 22.8 Å². The van der Waals surface area contributed by atoms with Crippen LogP contribution in [0.4, 0.5) is 0 Å². The van der Waals surface area contributed by atoms with Crippen LogP contribution in [0.25, 0.3) is 0 Å². The summed E-state index contributed by atoms with van der Waals surface area (Å²) < 4.78 is 10.3. The number of carbonyl (C=O) groups is 2. The molecule has 1 rings (SSSR count). The van der Waals surface area contributed by atoms with Gasteiger partial charge in [0.15, 0.2) is 0 Å². The molecule has 0 heterocycles. The van der Waals surface area contributed by atoms with Crippen LogP contribution in [0.15, 0.2) is 42.5 Å². The molecule has 0 aliphatic carbocycles. The number of hydrogen-bond donors (Lipinski definition) is 0. The molecule has 0 radical (unpaired) electrons. The lowest BCUT2D eigenvalue weighted by Crippen LogP contribution is -2.37. The van der Waals surface area contributed by atoms with Crippen LogP contribution in [0, 0.1) is 0 Å². The molecular weight excluding hydrogens is 280 g/mol. The lowest BCUT2D eigenvalue weighted by Gasteiger charge is -2.23. The molecule has 1 aromatic carbocycles. The van der Waals surface area contributed by atoms with Crippen LogP contribution < -0.4 is 0 Å². The fourth-order valence-corrected chi connectivity index (χ4v) is 1.87. The van der Waals surface area contributed by atoms with E-state index in [1.165, 1.54) is 7.11 Å². The monoisotopic (exact) mass is 296 g/mol. The minimum atomic E-state index is -1.16. The lowest BCUT2D eigenvalue weighted by atomic mass is 10.1. The maximum absolute atomic E-state index is 12.0. The van der Waals surface area contributed by atoms with E-state index in [0.717, 1.165) is 5.57 Å². The van der Waals surface area contributed by atoms with Crippen molar-refractivity contribution in [3.8, 4) is 0 Å². The molecule has 108 valence electrons. The number of hydrogen-bond acceptors (Lipinski definition) is 4. The Balaban J connectivity index is 2.84. The first-order valence-corrected chi connectivity index (χ1v) is 6.46. The van der Waals surface area contributed by atoms with Gasteiger partial charge in [-0.05, 0) is 37.1 Å². The second-order valence-corrected chi connectivity index (χ2v) is 4.80. The second-order valence-electron chi connectivity index (χ2n) is 4.43. The third kappa shape index (κ3) is 4.79. The smallest absolute Gasteiger partial charge is 0.338 e. The summed E-state index contributed by atoms with van der Waals surface area (Å²) >= 11 is 5.51. The highest BCUT2D eigenvalue weighted by atomic mass is 35.5. The van der Waals surface area contributed by atoms with Crippen molar-refractivity contribution in [1.82, 2.24) is 0 Å². The first-order valence-electron chi connectivity index (χ1n) is 6.08. The summed E-state index contributed by atoms with van der Waals surface area (Å²) in [5, 5.41) is -0.776. The summed E-state index contributed by atoms with van der Waals surface area (Å²) in [6.45, 7) is 5.54. The molecule has 4 nitrogen and oxygen atoms in total. The normalized spacial score (nSPS) is 13.3. The van der Waals surface area contributed by atoms with Crippen molar-refractivity contribution in [2.75, 3.05) is 7.11 Å². The summed E-state index contributed by atoms with van der Waals surface area (Å²) in [6, 6.07) is 8.38. The minimum absolute atomic E-state index is 0.348. The average molecular weight is 297 g/mol. The predicted molar refractivity (Wildman–Crippen MR) is 76.7 cm³/mol. The van der Waals surface area contributed by atoms with Crippen LogP contribution in [-0.4, -0.2) is 30.5 Å². The predicted octanol–water partition coefficient (Wildman–Crippen LogP) is 2.96. The molecule has 0 saturated heterocycles. The summed E-state index contributed by atoms with van der Waals surface area (Å²) in [7, 11) is 1.43. The molecular formula is C15H17ClO4. The molecule has 0 amide bonds. The number of carbonyl (C=O) groups excluding carboxylic acids is 2. The Bertz CT molecular complexity index is 484. The third-order valence-electron chi connectivity index (χ3n) is 2.66. The number of benzene rings is 1. The Morgan fingerprint density at radius 1 is 1.30 bits per heavy atom. The number of rotatable bonds is 7. The SMILES string of the molecule is C=C(C)C[C@H](OC)[C@H](OC(=O)c1ccccc1)C(=O)Cl. The van der Waals surface area contributed by atoms with Gasteiger partial charge in [0.25, 0.3) is 5.24 Å². The van der Waals surface area contributed by atoms with Crippen LogP contribution in [-0.2, 0) is 14.3 Å². The van der Waals surface area contributed by atoms with Crippen LogP contribution in [0.3, 0.4) is 0 Å². The third-order valence-corrected chi connectivity index (χ3v) is 2.87. The average Bonchev–Trinajstić information content (AvgIpc) is 2.42. The molecule has 0 fully saturated rings. The van der Waals surface area contributed by atoms with Crippen molar-refractivity contribution in [3.63, 3.8) is 0 Å². The van der Waals surface area contributed by atoms with Crippen molar-refractivity contribution in [3.05, 3.63) is 48.0 Å². The van der Waals surface area contributed by atoms with Gasteiger partial charge in [-0.25, -0.2) is 4.79 Å². The first-order chi connectivity index (χ1) is 9.45. The molecule has 0 spiro atoms. The molecule has 0 bridgehead atoms. The molecule has 1 aromatic rings. The minimum Gasteiger partial charge on any atom is -0.447 e. The van der Waals surface area contributed by atoms with Gasteiger partial charge in [0, 0.05) is 7.11 Å². The van der Waals surface area contributed by atoms with E-state index in [4.69, 9.17) is 21.1 Å². The van der Waals surface area contributed by atoms with Gasteiger partial charge in [-0.3, -0.25) is 4.79 Å².